The Labute approximate surface area is 205 Å². The first-order chi connectivity index (χ1) is 17.1. The summed E-state index contributed by atoms with van der Waals surface area (Å²) in [4.78, 5) is 23.0. The van der Waals surface area contributed by atoms with Crippen molar-refractivity contribution < 1.29 is 9.53 Å². The smallest absolute Gasteiger partial charge is 0.250 e. The van der Waals surface area contributed by atoms with Gasteiger partial charge in [-0.25, -0.2) is 0 Å². The van der Waals surface area contributed by atoms with E-state index in [2.05, 4.69) is 51.8 Å². The molecule has 2 N–H and O–H groups in total. The van der Waals surface area contributed by atoms with E-state index in [4.69, 9.17) is 10.5 Å². The minimum atomic E-state index is -0.523. The summed E-state index contributed by atoms with van der Waals surface area (Å²) in [5.74, 6) is 0.158. The Morgan fingerprint density at radius 1 is 1.00 bits per heavy atom. The fourth-order valence-electron chi connectivity index (χ4n) is 4.52. The van der Waals surface area contributed by atoms with Gasteiger partial charge in [-0.2, -0.15) is 0 Å². The second-order valence-corrected chi connectivity index (χ2v) is 8.84. The van der Waals surface area contributed by atoms with Crippen molar-refractivity contribution in [1.29, 1.82) is 0 Å². The molecule has 0 bridgehead atoms. The molecule has 176 valence electrons. The van der Waals surface area contributed by atoms with Crippen LogP contribution in [-0.4, -0.2) is 27.3 Å². The van der Waals surface area contributed by atoms with Crippen molar-refractivity contribution >= 4 is 16.8 Å². The first kappa shape index (κ1) is 22.6. The Morgan fingerprint density at radius 2 is 1.80 bits per heavy atom. The zero-order chi connectivity index (χ0) is 24.2. The predicted octanol–water partition coefficient (Wildman–Crippen LogP) is 5.47. The predicted molar refractivity (Wildman–Crippen MR) is 138 cm³/mol. The highest BCUT2D eigenvalue weighted by Crippen LogP contribution is 2.33. The minimum Gasteiger partial charge on any atom is -0.487 e. The Morgan fingerprint density at radius 3 is 2.60 bits per heavy atom. The Balaban J connectivity index is 1.41. The van der Waals surface area contributed by atoms with Gasteiger partial charge in [-0.05, 0) is 72.4 Å². The zero-order valence-electron chi connectivity index (χ0n) is 19.6. The number of fused-ring (bicyclic) bond motifs is 1. The third-order valence-electron chi connectivity index (χ3n) is 6.45. The second kappa shape index (κ2) is 9.97. The Bertz CT molecular complexity index is 1380. The number of ether oxygens (including phenoxy) is 1. The zero-order valence-corrected chi connectivity index (χ0v) is 19.6. The molecular formula is C29H28N4O2. The molecule has 1 fully saturated rings. The van der Waals surface area contributed by atoms with Gasteiger partial charge in [0.25, 0.3) is 5.91 Å². The number of primary amides is 1. The van der Waals surface area contributed by atoms with E-state index in [9.17, 15) is 4.79 Å². The molecule has 4 aromatic rings. The van der Waals surface area contributed by atoms with Gasteiger partial charge < -0.3 is 15.4 Å². The van der Waals surface area contributed by atoms with Gasteiger partial charge in [0, 0.05) is 36.6 Å². The van der Waals surface area contributed by atoms with Crippen LogP contribution < -0.4 is 10.5 Å². The summed E-state index contributed by atoms with van der Waals surface area (Å²) in [7, 11) is 0. The highest BCUT2D eigenvalue weighted by atomic mass is 16.5. The molecule has 6 nitrogen and oxygen atoms in total. The molecule has 0 saturated carbocycles. The van der Waals surface area contributed by atoms with Crippen molar-refractivity contribution in [2.75, 3.05) is 6.54 Å². The number of nitrogens with two attached hydrogens (primary N) is 1. The number of carbonyl (C=O) groups is 1. The summed E-state index contributed by atoms with van der Waals surface area (Å²) >= 11 is 0. The molecule has 0 atom stereocenters. The number of aromatic nitrogens is 2. The normalized spacial score (nSPS) is 13.7. The molecule has 2 aromatic carbocycles. The lowest BCUT2D eigenvalue weighted by atomic mass is 10.0. The van der Waals surface area contributed by atoms with E-state index >= 15 is 0 Å². The SMILES string of the molecule is C=C1CCCCN1Cc1ccc(-c2cc(OCc3ncccc3C(N)=O)c3cccnc3c2)cc1. The molecule has 1 amide bonds. The molecule has 5 rings (SSSR count). The quantitative estimate of drug-likeness (QED) is 0.392. The van der Waals surface area contributed by atoms with Gasteiger partial charge in [-0.15, -0.1) is 0 Å². The molecule has 0 spiro atoms. The van der Waals surface area contributed by atoms with Gasteiger partial charge in [0.2, 0.25) is 0 Å². The molecule has 6 heteroatoms. The van der Waals surface area contributed by atoms with E-state index in [0.717, 1.165) is 41.5 Å². The number of amides is 1. The number of piperidine rings is 1. The van der Waals surface area contributed by atoms with E-state index in [1.807, 2.05) is 18.2 Å². The van der Waals surface area contributed by atoms with Crippen LogP contribution >= 0.6 is 0 Å². The summed E-state index contributed by atoms with van der Waals surface area (Å²) in [5, 5.41) is 0.896. The summed E-state index contributed by atoms with van der Waals surface area (Å²) in [6.45, 7) is 6.32. The number of hydrogen-bond donors (Lipinski definition) is 1. The third-order valence-corrected chi connectivity index (χ3v) is 6.45. The molecule has 2 aromatic heterocycles. The van der Waals surface area contributed by atoms with Crippen molar-refractivity contribution in [3.63, 3.8) is 0 Å². The number of allylic oxidation sites excluding steroid dienone is 1. The van der Waals surface area contributed by atoms with Gasteiger partial charge in [0.05, 0.1) is 16.8 Å². The molecule has 1 aliphatic heterocycles. The van der Waals surface area contributed by atoms with E-state index < -0.39 is 5.91 Å². The first-order valence-corrected chi connectivity index (χ1v) is 11.9. The summed E-state index contributed by atoms with van der Waals surface area (Å²) in [5.41, 5.74) is 11.8. The van der Waals surface area contributed by atoms with Crippen LogP contribution in [0, 0.1) is 0 Å². The topological polar surface area (TPSA) is 81.3 Å². The van der Waals surface area contributed by atoms with Crippen LogP contribution in [0.15, 0.2) is 85.3 Å². The molecule has 35 heavy (non-hydrogen) atoms. The lowest BCUT2D eigenvalue weighted by Crippen LogP contribution is -2.26. The van der Waals surface area contributed by atoms with Gasteiger partial charge >= 0.3 is 0 Å². The van der Waals surface area contributed by atoms with Crippen molar-refractivity contribution in [3.8, 4) is 16.9 Å². The minimum absolute atomic E-state index is 0.130. The van der Waals surface area contributed by atoms with Crippen LogP contribution in [0.4, 0.5) is 0 Å². The maximum absolute atomic E-state index is 11.8. The lowest BCUT2D eigenvalue weighted by molar-refractivity contribution is 0.0997. The maximum atomic E-state index is 11.8. The van der Waals surface area contributed by atoms with Crippen LogP contribution in [0.3, 0.4) is 0 Å². The molecule has 0 unspecified atom stereocenters. The number of carbonyl (C=O) groups excluding carboxylic acids is 1. The largest absolute Gasteiger partial charge is 0.487 e. The van der Waals surface area contributed by atoms with Crippen molar-refractivity contribution in [1.82, 2.24) is 14.9 Å². The average molecular weight is 465 g/mol. The van der Waals surface area contributed by atoms with Gasteiger partial charge in [0.1, 0.15) is 12.4 Å². The first-order valence-electron chi connectivity index (χ1n) is 11.9. The standard InChI is InChI=1S/C29H28N4O2/c1-20-6-2-3-15-33(20)18-21-9-11-22(12-10-21)23-16-26-24(7-4-13-31-26)28(17-23)35-19-27-25(29(30)34)8-5-14-32-27/h4-5,7-14,16-17H,1-3,6,15,18-19H2,(H2,30,34). The molecule has 0 aliphatic carbocycles. The number of pyridine rings is 2. The van der Waals surface area contributed by atoms with Crippen molar-refractivity contribution in [2.24, 2.45) is 5.73 Å². The van der Waals surface area contributed by atoms with Crippen molar-refractivity contribution in [3.05, 3.63) is 102 Å². The highest BCUT2D eigenvalue weighted by molar-refractivity contribution is 5.94. The monoisotopic (exact) mass is 464 g/mol. The maximum Gasteiger partial charge on any atom is 0.250 e. The van der Waals surface area contributed by atoms with Crippen LogP contribution in [-0.2, 0) is 13.2 Å². The molecule has 0 radical (unpaired) electrons. The number of benzene rings is 2. The number of nitrogens with zero attached hydrogens (tertiary/aromatic N) is 3. The highest BCUT2D eigenvalue weighted by Gasteiger charge is 2.14. The van der Waals surface area contributed by atoms with Crippen LogP contribution in [0.1, 0.15) is 40.9 Å². The average Bonchev–Trinajstić information content (AvgIpc) is 2.89. The molecule has 1 aliphatic rings. The van der Waals surface area contributed by atoms with Gasteiger partial charge in [-0.1, -0.05) is 30.8 Å². The Kier molecular flexibility index (Phi) is 6.44. The van der Waals surface area contributed by atoms with Crippen LogP contribution in [0.5, 0.6) is 5.75 Å². The molecule has 3 heterocycles. The fourth-order valence-corrected chi connectivity index (χ4v) is 4.52. The number of hydrogen-bond acceptors (Lipinski definition) is 5. The van der Waals surface area contributed by atoms with E-state index in [1.165, 1.54) is 24.1 Å². The third kappa shape index (κ3) is 5.01. The van der Waals surface area contributed by atoms with Gasteiger partial charge in [-0.3, -0.25) is 14.8 Å². The van der Waals surface area contributed by atoms with Gasteiger partial charge in [0.15, 0.2) is 0 Å². The number of likely N-dealkylation sites (tertiary alicyclic amines) is 1. The second-order valence-electron chi connectivity index (χ2n) is 8.84. The summed E-state index contributed by atoms with van der Waals surface area (Å²) in [6, 6.07) is 19.9. The van der Waals surface area contributed by atoms with E-state index in [-0.39, 0.29) is 6.61 Å². The summed E-state index contributed by atoms with van der Waals surface area (Å²) < 4.78 is 6.17. The van der Waals surface area contributed by atoms with Crippen LogP contribution in [0.2, 0.25) is 0 Å². The van der Waals surface area contributed by atoms with Crippen LogP contribution in [0.25, 0.3) is 22.0 Å². The van der Waals surface area contributed by atoms with E-state index in [0.29, 0.717) is 17.0 Å². The molecular weight excluding hydrogens is 436 g/mol. The summed E-state index contributed by atoms with van der Waals surface area (Å²) in [6.07, 6.45) is 6.95. The fraction of sp³-hybridized carbons (Fsp3) is 0.207. The van der Waals surface area contributed by atoms with Crippen molar-refractivity contribution in [2.45, 2.75) is 32.4 Å². The molecule has 1 saturated heterocycles. The lowest BCUT2D eigenvalue weighted by Gasteiger charge is -2.31. The Hall–Kier alpha value is -4.19. The van der Waals surface area contributed by atoms with E-state index in [1.54, 1.807) is 24.5 Å². The number of rotatable bonds is 7.